The number of hydrogen-bond donors (Lipinski definition) is 1. The molecule has 172 valence electrons. The second-order valence-corrected chi connectivity index (χ2v) is 12.0. The summed E-state index contributed by atoms with van der Waals surface area (Å²) in [6.45, 7) is 8.35. The Hall–Kier alpha value is -1.48. The third kappa shape index (κ3) is 5.30. The predicted molar refractivity (Wildman–Crippen MR) is 120 cm³/mol. The first-order chi connectivity index (χ1) is 14.7. The van der Waals surface area contributed by atoms with Gasteiger partial charge in [0.15, 0.2) is 0 Å². The van der Waals surface area contributed by atoms with Crippen molar-refractivity contribution >= 4 is 21.6 Å². The van der Waals surface area contributed by atoms with Crippen LogP contribution in [0.1, 0.15) is 52.4 Å². The zero-order valence-electron chi connectivity index (χ0n) is 18.7. The van der Waals surface area contributed by atoms with Gasteiger partial charge in [-0.2, -0.15) is 4.31 Å². The van der Waals surface area contributed by atoms with E-state index in [1.807, 2.05) is 0 Å². The summed E-state index contributed by atoms with van der Waals surface area (Å²) < 4.78 is 33.3. The number of anilines is 1. The molecule has 3 saturated heterocycles. The third-order valence-electron chi connectivity index (χ3n) is 6.92. The van der Waals surface area contributed by atoms with E-state index in [0.717, 1.165) is 58.2 Å². The van der Waals surface area contributed by atoms with Crippen molar-refractivity contribution in [2.75, 3.05) is 44.6 Å². The van der Waals surface area contributed by atoms with E-state index in [1.165, 1.54) is 0 Å². The van der Waals surface area contributed by atoms with Crippen LogP contribution in [-0.4, -0.2) is 68.5 Å². The number of nitrogens with one attached hydrogen (secondary N) is 1. The average molecular weight is 450 g/mol. The first kappa shape index (κ1) is 22.7. The minimum absolute atomic E-state index is 0.0426. The first-order valence-electron chi connectivity index (χ1n) is 11.4. The topological polar surface area (TPSA) is 79.0 Å². The van der Waals surface area contributed by atoms with Crippen LogP contribution in [0.5, 0.6) is 0 Å². The monoisotopic (exact) mass is 449 g/mol. The molecule has 1 aromatic rings. The maximum Gasteiger partial charge on any atom is 0.243 e. The van der Waals surface area contributed by atoms with Gasteiger partial charge in [0.1, 0.15) is 0 Å². The summed E-state index contributed by atoms with van der Waals surface area (Å²) in [6, 6.07) is 6.62. The van der Waals surface area contributed by atoms with Crippen molar-refractivity contribution in [3.8, 4) is 0 Å². The molecule has 1 spiro atoms. The predicted octanol–water partition coefficient (Wildman–Crippen LogP) is 3.08. The van der Waals surface area contributed by atoms with Crippen LogP contribution in [-0.2, 0) is 19.6 Å². The lowest BCUT2D eigenvalue weighted by atomic mass is 9.74. The number of amides is 1. The van der Waals surface area contributed by atoms with E-state index in [4.69, 9.17) is 4.74 Å². The maximum atomic E-state index is 12.9. The Morgan fingerprint density at radius 2 is 1.81 bits per heavy atom. The van der Waals surface area contributed by atoms with E-state index in [9.17, 15) is 13.2 Å². The molecular formula is C23H35N3O4S. The Morgan fingerprint density at radius 1 is 1.10 bits per heavy atom. The van der Waals surface area contributed by atoms with Crippen LogP contribution in [0.25, 0.3) is 0 Å². The molecular weight excluding hydrogens is 414 g/mol. The zero-order chi connectivity index (χ0) is 22.1. The van der Waals surface area contributed by atoms with E-state index in [0.29, 0.717) is 25.3 Å². The summed E-state index contributed by atoms with van der Waals surface area (Å²) in [7, 11) is -3.51. The molecule has 0 radical (unpaired) electrons. The minimum Gasteiger partial charge on any atom is -0.375 e. The van der Waals surface area contributed by atoms with Gasteiger partial charge < -0.3 is 10.1 Å². The van der Waals surface area contributed by atoms with Gasteiger partial charge in [0.25, 0.3) is 0 Å². The fourth-order valence-corrected chi connectivity index (χ4v) is 6.82. The lowest BCUT2D eigenvalue weighted by molar-refractivity contribution is -0.117. The van der Waals surface area contributed by atoms with Gasteiger partial charge in [-0.15, -0.1) is 0 Å². The molecule has 0 aromatic heterocycles. The van der Waals surface area contributed by atoms with Gasteiger partial charge in [0.05, 0.1) is 23.6 Å². The quantitative estimate of drug-likeness (QED) is 0.747. The van der Waals surface area contributed by atoms with Crippen LogP contribution in [0, 0.1) is 5.41 Å². The van der Waals surface area contributed by atoms with Crippen LogP contribution >= 0.6 is 0 Å². The molecule has 0 atom stereocenters. The first-order valence-corrected chi connectivity index (χ1v) is 12.9. The lowest BCUT2D eigenvalue weighted by Gasteiger charge is -2.38. The second kappa shape index (κ2) is 8.81. The fraction of sp³-hybridized carbons (Fsp3) is 0.696. The molecule has 31 heavy (non-hydrogen) atoms. The van der Waals surface area contributed by atoms with Crippen LogP contribution in [0.3, 0.4) is 0 Å². The van der Waals surface area contributed by atoms with Crippen molar-refractivity contribution in [1.29, 1.82) is 0 Å². The number of benzene rings is 1. The second-order valence-electron chi connectivity index (χ2n) is 10.0. The molecule has 0 saturated carbocycles. The number of carbonyl (C=O) groups is 1. The van der Waals surface area contributed by atoms with Crippen LogP contribution in [0.4, 0.5) is 5.69 Å². The van der Waals surface area contributed by atoms with Gasteiger partial charge in [-0.1, -0.05) is 12.5 Å². The molecule has 7 nitrogen and oxygen atoms in total. The largest absolute Gasteiger partial charge is 0.375 e. The normalized spacial score (nSPS) is 24.3. The van der Waals surface area contributed by atoms with E-state index in [1.54, 1.807) is 28.6 Å². The van der Waals surface area contributed by atoms with Gasteiger partial charge in [-0.25, -0.2) is 8.42 Å². The van der Waals surface area contributed by atoms with E-state index in [2.05, 4.69) is 24.1 Å². The minimum atomic E-state index is -3.51. The Kier molecular flexibility index (Phi) is 6.45. The molecule has 8 heteroatoms. The molecule has 0 unspecified atom stereocenters. The summed E-state index contributed by atoms with van der Waals surface area (Å²) in [4.78, 5) is 15.0. The highest BCUT2D eigenvalue weighted by atomic mass is 32.2. The van der Waals surface area contributed by atoms with Gasteiger partial charge in [-0.05, 0) is 82.7 Å². The number of rotatable bonds is 5. The number of likely N-dealkylation sites (tertiary alicyclic amines) is 1. The standard InChI is InChI=1S/C23H35N3O4S/c1-22(2)17-23(18-30-22)9-13-25(14-10-23)16-21(27)24-19-7-6-8-20(15-19)31(28,29)26-11-4-3-5-12-26/h6-8,15H,3-5,9-14,16-18H2,1-2H3,(H,24,27). The molecule has 0 bridgehead atoms. The van der Waals surface area contributed by atoms with Gasteiger partial charge in [-0.3, -0.25) is 9.69 Å². The lowest BCUT2D eigenvalue weighted by Crippen LogP contribution is -2.44. The highest BCUT2D eigenvalue weighted by molar-refractivity contribution is 7.89. The van der Waals surface area contributed by atoms with Crippen molar-refractivity contribution in [1.82, 2.24) is 9.21 Å². The molecule has 3 aliphatic heterocycles. The van der Waals surface area contributed by atoms with Crippen molar-refractivity contribution < 1.29 is 17.9 Å². The molecule has 3 aliphatic rings. The number of nitrogens with zero attached hydrogens (tertiary/aromatic N) is 2. The Morgan fingerprint density at radius 3 is 2.45 bits per heavy atom. The molecule has 3 heterocycles. The molecule has 1 N–H and O–H groups in total. The Balaban J connectivity index is 1.32. The number of piperidine rings is 2. The number of sulfonamides is 1. The van der Waals surface area contributed by atoms with Crippen molar-refractivity contribution in [3.63, 3.8) is 0 Å². The molecule has 3 fully saturated rings. The fourth-order valence-electron chi connectivity index (χ4n) is 5.25. The van der Waals surface area contributed by atoms with Crippen molar-refractivity contribution in [3.05, 3.63) is 24.3 Å². The van der Waals surface area contributed by atoms with Gasteiger partial charge in [0, 0.05) is 18.8 Å². The Labute approximate surface area is 186 Å². The number of ether oxygens (including phenoxy) is 1. The zero-order valence-corrected chi connectivity index (χ0v) is 19.5. The molecule has 4 rings (SSSR count). The number of hydrogen-bond acceptors (Lipinski definition) is 5. The third-order valence-corrected chi connectivity index (χ3v) is 8.82. The van der Waals surface area contributed by atoms with Gasteiger partial charge in [0.2, 0.25) is 15.9 Å². The highest BCUT2D eigenvalue weighted by Gasteiger charge is 2.45. The SMILES string of the molecule is CC1(C)CC2(CCN(CC(=O)Nc3cccc(S(=O)(=O)N4CCCCC4)c3)CC2)CO1. The van der Waals surface area contributed by atoms with Crippen LogP contribution < -0.4 is 5.32 Å². The smallest absolute Gasteiger partial charge is 0.243 e. The molecule has 0 aliphatic carbocycles. The van der Waals surface area contributed by atoms with Crippen LogP contribution in [0.2, 0.25) is 0 Å². The van der Waals surface area contributed by atoms with Crippen LogP contribution in [0.15, 0.2) is 29.2 Å². The number of carbonyl (C=O) groups excluding carboxylic acids is 1. The Bertz CT molecular complexity index is 901. The summed E-state index contributed by atoms with van der Waals surface area (Å²) in [5, 5.41) is 2.89. The van der Waals surface area contributed by atoms with Crippen molar-refractivity contribution in [2.45, 2.75) is 62.9 Å². The summed E-state index contributed by atoms with van der Waals surface area (Å²) in [6.07, 6.45) is 6.05. The highest BCUT2D eigenvalue weighted by Crippen LogP contribution is 2.46. The summed E-state index contributed by atoms with van der Waals surface area (Å²) in [5.74, 6) is -0.105. The van der Waals surface area contributed by atoms with Crippen molar-refractivity contribution in [2.24, 2.45) is 5.41 Å². The summed E-state index contributed by atoms with van der Waals surface area (Å²) in [5.41, 5.74) is 0.745. The molecule has 1 amide bonds. The summed E-state index contributed by atoms with van der Waals surface area (Å²) >= 11 is 0. The van der Waals surface area contributed by atoms with E-state index < -0.39 is 10.0 Å². The van der Waals surface area contributed by atoms with E-state index in [-0.39, 0.29) is 21.8 Å². The maximum absolute atomic E-state index is 12.9. The average Bonchev–Trinajstić information content (AvgIpc) is 3.05. The van der Waals surface area contributed by atoms with E-state index >= 15 is 0 Å². The molecule has 1 aromatic carbocycles. The van der Waals surface area contributed by atoms with Gasteiger partial charge >= 0.3 is 0 Å².